The Labute approximate surface area is 78.6 Å². The number of halogens is 3. The molecule has 0 bridgehead atoms. The third-order valence-corrected chi connectivity index (χ3v) is 1.85. The van der Waals surface area contributed by atoms with Gasteiger partial charge in [-0.25, -0.2) is 0 Å². The van der Waals surface area contributed by atoms with E-state index in [4.69, 9.17) is 10.2 Å². The minimum Gasteiger partial charge on any atom is -0.355 e. The minimum absolute atomic E-state index is 0.587. The second kappa shape index (κ2) is 3.25. The quantitative estimate of drug-likeness (QED) is 0.686. The van der Waals surface area contributed by atoms with Crippen LogP contribution in [0.1, 0.15) is 11.1 Å². The van der Waals surface area contributed by atoms with Crippen molar-refractivity contribution in [2.45, 2.75) is 18.9 Å². The second-order valence-corrected chi connectivity index (χ2v) is 3.04. The highest BCUT2D eigenvalue weighted by Gasteiger charge is 2.54. The summed E-state index contributed by atoms with van der Waals surface area (Å²) >= 11 is 0. The van der Waals surface area contributed by atoms with Gasteiger partial charge in [0.25, 0.3) is 5.79 Å². The van der Waals surface area contributed by atoms with Gasteiger partial charge in [0.15, 0.2) is 0 Å². The van der Waals surface area contributed by atoms with Crippen molar-refractivity contribution < 1.29 is 23.4 Å². The summed E-state index contributed by atoms with van der Waals surface area (Å²) in [6.07, 6.45) is -5.09. The van der Waals surface area contributed by atoms with E-state index in [9.17, 15) is 13.2 Å². The van der Waals surface area contributed by atoms with Crippen LogP contribution in [-0.4, -0.2) is 16.4 Å². The molecule has 14 heavy (non-hydrogen) atoms. The van der Waals surface area contributed by atoms with Gasteiger partial charge in [0.2, 0.25) is 0 Å². The maximum Gasteiger partial charge on any atom is 0.447 e. The summed E-state index contributed by atoms with van der Waals surface area (Å²) in [5.74, 6) is -3.78. The van der Waals surface area contributed by atoms with E-state index < -0.39 is 17.5 Å². The summed E-state index contributed by atoms with van der Waals surface area (Å²) < 4.78 is 36.4. The van der Waals surface area contributed by atoms with Crippen LogP contribution >= 0.6 is 0 Å². The van der Waals surface area contributed by atoms with Crippen LogP contribution in [0.3, 0.4) is 0 Å². The highest BCUT2D eigenvalue weighted by Crippen LogP contribution is 2.36. The van der Waals surface area contributed by atoms with Crippen LogP contribution < -0.4 is 0 Å². The topological polar surface area (TPSA) is 40.5 Å². The largest absolute Gasteiger partial charge is 0.447 e. The molecule has 78 valence electrons. The molecular formula is C9H9F3O2. The van der Waals surface area contributed by atoms with Crippen molar-refractivity contribution in [3.8, 4) is 0 Å². The highest BCUT2D eigenvalue weighted by atomic mass is 19.4. The number of rotatable bonds is 1. The molecule has 0 radical (unpaired) electrons. The number of hydrogen-bond acceptors (Lipinski definition) is 2. The summed E-state index contributed by atoms with van der Waals surface area (Å²) in [6, 6.07) is 4.82. The summed E-state index contributed by atoms with van der Waals surface area (Å²) in [5.41, 5.74) is 0.155. The average molecular weight is 206 g/mol. The van der Waals surface area contributed by atoms with Gasteiger partial charge in [-0.15, -0.1) is 0 Å². The molecule has 1 rings (SSSR count). The SMILES string of the molecule is Cc1ccc(C(O)(O)C(F)(F)F)cc1. The second-order valence-electron chi connectivity index (χ2n) is 3.04. The molecule has 2 N–H and O–H groups in total. The Morgan fingerprint density at radius 1 is 1.00 bits per heavy atom. The molecular weight excluding hydrogens is 197 g/mol. The summed E-state index contributed by atoms with van der Waals surface area (Å²) in [4.78, 5) is 0. The molecule has 0 aromatic heterocycles. The van der Waals surface area contributed by atoms with Crippen molar-refractivity contribution in [1.29, 1.82) is 0 Å². The van der Waals surface area contributed by atoms with Gasteiger partial charge in [0.1, 0.15) is 0 Å². The average Bonchev–Trinajstić information content (AvgIpc) is 2.03. The molecule has 0 aliphatic carbocycles. The Balaban J connectivity index is 3.10. The minimum atomic E-state index is -5.09. The molecule has 0 aliphatic heterocycles. The molecule has 1 aromatic rings. The van der Waals surface area contributed by atoms with Gasteiger partial charge in [-0.3, -0.25) is 0 Å². The maximum atomic E-state index is 12.1. The van der Waals surface area contributed by atoms with E-state index in [1.807, 2.05) is 0 Å². The summed E-state index contributed by atoms with van der Waals surface area (Å²) in [5, 5.41) is 17.7. The zero-order valence-corrected chi connectivity index (χ0v) is 7.34. The zero-order valence-electron chi connectivity index (χ0n) is 7.34. The summed E-state index contributed by atoms with van der Waals surface area (Å²) in [6.45, 7) is 1.69. The Kier molecular flexibility index (Phi) is 2.56. The predicted molar refractivity (Wildman–Crippen MR) is 43.3 cm³/mol. The van der Waals surface area contributed by atoms with Crippen molar-refractivity contribution in [2.75, 3.05) is 0 Å². The Morgan fingerprint density at radius 2 is 1.43 bits per heavy atom. The first-order valence-electron chi connectivity index (χ1n) is 3.84. The standard InChI is InChI=1S/C9H9F3O2/c1-6-2-4-7(5-3-6)8(13,14)9(10,11)12/h2-5,13-14H,1H3. The van der Waals surface area contributed by atoms with E-state index >= 15 is 0 Å². The molecule has 5 heteroatoms. The van der Waals surface area contributed by atoms with Crippen molar-refractivity contribution in [3.05, 3.63) is 35.4 Å². The smallest absolute Gasteiger partial charge is 0.355 e. The molecule has 0 saturated heterocycles. The van der Waals surface area contributed by atoms with Crippen molar-refractivity contribution in [2.24, 2.45) is 0 Å². The van der Waals surface area contributed by atoms with Crippen LogP contribution in [0.15, 0.2) is 24.3 Å². The third-order valence-electron chi connectivity index (χ3n) is 1.85. The number of alkyl halides is 3. The van der Waals surface area contributed by atoms with E-state index in [0.29, 0.717) is 0 Å². The molecule has 0 unspecified atom stereocenters. The lowest BCUT2D eigenvalue weighted by Crippen LogP contribution is -2.41. The fourth-order valence-corrected chi connectivity index (χ4v) is 0.950. The van der Waals surface area contributed by atoms with E-state index in [1.54, 1.807) is 6.92 Å². The van der Waals surface area contributed by atoms with Gasteiger partial charge in [-0.1, -0.05) is 29.8 Å². The van der Waals surface area contributed by atoms with Crippen LogP contribution in [0, 0.1) is 6.92 Å². The fraction of sp³-hybridized carbons (Fsp3) is 0.333. The first-order chi connectivity index (χ1) is 6.25. The molecule has 0 aliphatic rings. The lowest BCUT2D eigenvalue weighted by Gasteiger charge is -2.24. The first kappa shape index (κ1) is 11.0. The van der Waals surface area contributed by atoms with E-state index in [-0.39, 0.29) is 0 Å². The van der Waals surface area contributed by atoms with Crippen LogP contribution in [0.4, 0.5) is 13.2 Å². The number of benzene rings is 1. The molecule has 0 atom stereocenters. The maximum absolute atomic E-state index is 12.1. The molecule has 0 fully saturated rings. The number of hydrogen-bond donors (Lipinski definition) is 2. The fourth-order valence-electron chi connectivity index (χ4n) is 0.950. The van der Waals surface area contributed by atoms with Gasteiger partial charge in [-0.2, -0.15) is 13.2 Å². The van der Waals surface area contributed by atoms with Crippen LogP contribution in [0.5, 0.6) is 0 Å². The Hall–Kier alpha value is -1.07. The van der Waals surface area contributed by atoms with Gasteiger partial charge in [-0.05, 0) is 6.92 Å². The molecule has 2 nitrogen and oxygen atoms in total. The van der Waals surface area contributed by atoms with Crippen LogP contribution in [0.2, 0.25) is 0 Å². The Bertz CT molecular complexity index is 314. The third kappa shape index (κ3) is 1.88. The van der Waals surface area contributed by atoms with E-state index in [1.165, 1.54) is 12.1 Å². The lowest BCUT2D eigenvalue weighted by molar-refractivity contribution is -0.358. The van der Waals surface area contributed by atoms with E-state index in [0.717, 1.165) is 17.7 Å². The number of aryl methyl sites for hydroxylation is 1. The summed E-state index contributed by atoms with van der Waals surface area (Å²) in [7, 11) is 0. The van der Waals surface area contributed by atoms with Crippen LogP contribution in [-0.2, 0) is 5.79 Å². The molecule has 0 saturated carbocycles. The van der Waals surface area contributed by atoms with Gasteiger partial charge in [0.05, 0.1) is 0 Å². The van der Waals surface area contributed by atoms with Crippen molar-refractivity contribution in [1.82, 2.24) is 0 Å². The Morgan fingerprint density at radius 3 is 1.79 bits per heavy atom. The van der Waals surface area contributed by atoms with Crippen molar-refractivity contribution in [3.63, 3.8) is 0 Å². The lowest BCUT2D eigenvalue weighted by atomic mass is 10.0. The zero-order chi connectivity index (χ0) is 11.0. The van der Waals surface area contributed by atoms with Crippen LogP contribution in [0.25, 0.3) is 0 Å². The molecule has 0 spiro atoms. The van der Waals surface area contributed by atoms with Gasteiger partial charge >= 0.3 is 6.18 Å². The first-order valence-corrected chi connectivity index (χ1v) is 3.84. The van der Waals surface area contributed by atoms with Crippen molar-refractivity contribution >= 4 is 0 Å². The van der Waals surface area contributed by atoms with E-state index in [2.05, 4.69) is 0 Å². The monoisotopic (exact) mass is 206 g/mol. The van der Waals surface area contributed by atoms with Gasteiger partial charge < -0.3 is 10.2 Å². The normalized spacial score (nSPS) is 13.0. The molecule has 0 amide bonds. The van der Waals surface area contributed by atoms with Gasteiger partial charge in [0, 0.05) is 5.56 Å². The highest BCUT2D eigenvalue weighted by molar-refractivity contribution is 5.25. The molecule has 0 heterocycles. The predicted octanol–water partition coefficient (Wildman–Crippen LogP) is 1.69. The number of aliphatic hydroxyl groups is 2. The molecule has 1 aromatic carbocycles.